The Morgan fingerprint density at radius 2 is 1.33 bits per heavy atom. The van der Waals surface area contributed by atoms with E-state index in [-0.39, 0.29) is 6.17 Å². The molecule has 1 aliphatic heterocycles. The molecule has 0 aliphatic carbocycles. The molecular weight excluding hydrogens is 451 g/mol. The van der Waals surface area contributed by atoms with E-state index in [2.05, 4.69) is 40.5 Å². The quantitative estimate of drug-likeness (QED) is 0.515. The van der Waals surface area contributed by atoms with Crippen molar-refractivity contribution in [1.82, 2.24) is 35.2 Å². The van der Waals surface area contributed by atoms with E-state index in [9.17, 15) is 0 Å². The summed E-state index contributed by atoms with van der Waals surface area (Å²) < 4.78 is 32.3. The summed E-state index contributed by atoms with van der Waals surface area (Å²) in [5, 5.41) is 7.34. The van der Waals surface area contributed by atoms with Crippen molar-refractivity contribution in [2.24, 2.45) is 0 Å². The average molecular weight is 467 g/mol. The van der Waals surface area contributed by atoms with Crippen LogP contribution >= 0.6 is 0 Å². The van der Waals surface area contributed by atoms with Crippen LogP contribution in [0.3, 0.4) is 0 Å². The summed E-state index contributed by atoms with van der Waals surface area (Å²) in [6.45, 7) is 0.826. The van der Waals surface area contributed by atoms with Gasteiger partial charge in [0.05, 0.1) is 11.4 Å². The van der Waals surface area contributed by atoms with Crippen molar-refractivity contribution in [3.8, 4) is 11.6 Å². The Bertz CT molecular complexity index is 839. The van der Waals surface area contributed by atoms with Crippen LogP contribution in [-0.2, 0) is 32.4 Å². The van der Waals surface area contributed by atoms with Crippen LogP contribution in [0.4, 0.5) is 0 Å². The Hall–Kier alpha value is -2.81. The molecule has 0 radical (unpaired) electrons. The topological polar surface area (TPSA) is 181 Å². The summed E-state index contributed by atoms with van der Waals surface area (Å²) >= 11 is -1.80. The van der Waals surface area contributed by atoms with Crippen LogP contribution in [0.25, 0.3) is 17.0 Å². The first-order valence-corrected chi connectivity index (χ1v) is 9.63. The maximum Gasteiger partial charge on any atom is 0.197 e. The first-order valence-electron chi connectivity index (χ1n) is 8.03. The molecule has 30 heavy (non-hydrogen) atoms. The summed E-state index contributed by atoms with van der Waals surface area (Å²) in [5.74, 6) is 1.83. The number of nitrogens with zero attached hydrogens (tertiary/aromatic N) is 7. The number of nitrogens with one attached hydrogen (secondary N) is 1. The molecule has 2 N–H and O–H groups in total. The van der Waals surface area contributed by atoms with Crippen molar-refractivity contribution in [3.63, 3.8) is 0 Å². The molecule has 0 bridgehead atoms. The average Bonchev–Trinajstić information content (AvgIpc) is 2.83. The Kier molecular flexibility index (Phi) is 13.5. The van der Waals surface area contributed by atoms with Crippen molar-refractivity contribution in [2.45, 2.75) is 6.17 Å². The first kappa shape index (κ1) is 25.2. The monoisotopic (exact) mass is 467 g/mol. The van der Waals surface area contributed by atoms with Gasteiger partial charge in [-0.15, -0.1) is 0 Å². The van der Waals surface area contributed by atoms with Crippen LogP contribution in [0, 0.1) is 0 Å². The van der Waals surface area contributed by atoms with E-state index in [1.165, 1.54) is 0 Å². The second-order valence-electron chi connectivity index (χ2n) is 4.81. The fourth-order valence-electron chi connectivity index (χ4n) is 1.87. The molecule has 4 rings (SSSR count). The zero-order valence-electron chi connectivity index (χ0n) is 15.3. The number of hydrogen-bond acceptors (Lipinski definition) is 10. The fraction of sp³-hybridized carbons (Fsp3) is 0.125. The molecule has 0 aromatic carbocycles. The maximum atomic E-state index is 8.56. The summed E-state index contributed by atoms with van der Waals surface area (Å²) in [6, 6.07) is 5.31. The minimum atomic E-state index is -2.86. The SMILES string of the molecule is C1=C[N-]C(c2ncccn2)NC1.O=S([O-])O.[O]=[V].c1cnc(-c2ncccn2)nc1. The van der Waals surface area contributed by atoms with Gasteiger partial charge in [0, 0.05) is 43.7 Å². The van der Waals surface area contributed by atoms with Crippen LogP contribution in [0.5, 0.6) is 0 Å². The van der Waals surface area contributed by atoms with Gasteiger partial charge in [-0.05, 0) is 24.4 Å². The molecule has 157 valence electrons. The van der Waals surface area contributed by atoms with E-state index >= 15 is 0 Å². The zero-order chi connectivity index (χ0) is 22.0. The van der Waals surface area contributed by atoms with Gasteiger partial charge < -0.3 is 19.7 Å². The van der Waals surface area contributed by atoms with Crippen molar-refractivity contribution < 1.29 is 34.4 Å². The Labute approximate surface area is 184 Å². The van der Waals surface area contributed by atoms with E-state index in [1.807, 2.05) is 6.08 Å². The van der Waals surface area contributed by atoms with Crippen molar-refractivity contribution >= 4 is 11.4 Å². The van der Waals surface area contributed by atoms with Gasteiger partial charge in [-0.25, -0.2) is 34.1 Å². The summed E-state index contributed by atoms with van der Waals surface area (Å²) in [5.41, 5.74) is 0. The molecular formula is C16H16N8O4SV-2. The molecule has 3 aromatic heterocycles. The van der Waals surface area contributed by atoms with Crippen molar-refractivity contribution in [1.29, 1.82) is 0 Å². The molecule has 1 aliphatic rings. The van der Waals surface area contributed by atoms with Crippen LogP contribution in [0.2, 0.25) is 0 Å². The molecule has 3 aromatic rings. The third-order valence-electron chi connectivity index (χ3n) is 2.93. The van der Waals surface area contributed by atoms with Gasteiger partial charge in [0.1, 0.15) is 5.82 Å². The summed E-state index contributed by atoms with van der Waals surface area (Å²) in [6.07, 6.45) is 13.8. The second kappa shape index (κ2) is 16.0. The van der Waals surface area contributed by atoms with Crippen LogP contribution in [0.15, 0.2) is 67.7 Å². The number of aromatic nitrogens is 6. The van der Waals surface area contributed by atoms with Gasteiger partial charge in [0.15, 0.2) is 11.6 Å². The number of rotatable bonds is 2. The molecule has 0 amide bonds. The number of hydrogen-bond donors (Lipinski definition) is 2. The molecule has 0 saturated heterocycles. The van der Waals surface area contributed by atoms with E-state index in [0.29, 0.717) is 11.6 Å². The van der Waals surface area contributed by atoms with Gasteiger partial charge in [-0.2, -0.15) is 6.20 Å². The predicted molar refractivity (Wildman–Crippen MR) is 101 cm³/mol. The van der Waals surface area contributed by atoms with Crippen LogP contribution in [0.1, 0.15) is 12.0 Å². The molecule has 2 atom stereocenters. The normalized spacial score (nSPS) is 14.8. The van der Waals surface area contributed by atoms with Gasteiger partial charge in [0.2, 0.25) is 0 Å². The Morgan fingerprint density at radius 1 is 0.933 bits per heavy atom. The smallest absolute Gasteiger partial charge is 0.197 e. The molecule has 14 heteroatoms. The first-order chi connectivity index (χ1) is 14.7. The largest absolute Gasteiger partial charge is 0.234 e. The molecule has 4 heterocycles. The van der Waals surface area contributed by atoms with Crippen molar-refractivity contribution in [3.05, 3.63) is 78.8 Å². The van der Waals surface area contributed by atoms with E-state index in [1.54, 1.807) is 61.6 Å². The van der Waals surface area contributed by atoms with Crippen molar-refractivity contribution in [2.75, 3.05) is 6.54 Å². The molecule has 2 unspecified atom stereocenters. The van der Waals surface area contributed by atoms with Gasteiger partial charge in [0.25, 0.3) is 0 Å². The third-order valence-corrected chi connectivity index (χ3v) is 2.93. The summed E-state index contributed by atoms with van der Waals surface area (Å²) in [4.78, 5) is 24.3. The van der Waals surface area contributed by atoms with Gasteiger partial charge in [-0.1, -0.05) is 6.08 Å². The molecule has 0 saturated carbocycles. The van der Waals surface area contributed by atoms with Gasteiger partial charge in [-0.3, -0.25) is 0 Å². The second-order valence-corrected chi connectivity index (χ2v) is 5.25. The maximum absolute atomic E-state index is 8.56. The standard InChI is InChI=1S/C8H9N4.C8H6N4.H2O3S.O.V/c2*1-3-9-7(10-4-1)8-11-5-2-6-12-8;1-4(2)3;;/h1-5,8,12H,6H2;1-6H;(H2,1,2,3);;/q-1;;;;/p-1. The zero-order valence-corrected chi connectivity index (χ0v) is 17.5. The Morgan fingerprint density at radius 3 is 1.70 bits per heavy atom. The Balaban J connectivity index is 0.000000239. The molecule has 0 spiro atoms. The van der Waals surface area contributed by atoms with E-state index < -0.39 is 11.4 Å². The molecule has 0 fully saturated rings. The predicted octanol–water partition coefficient (Wildman–Crippen LogP) is 1.12. The van der Waals surface area contributed by atoms with Gasteiger partial charge >= 0.3 is 21.0 Å². The van der Waals surface area contributed by atoms with Crippen LogP contribution < -0.4 is 5.32 Å². The summed E-state index contributed by atoms with van der Waals surface area (Å²) in [7, 11) is 0. The fourth-order valence-corrected chi connectivity index (χ4v) is 1.87. The third kappa shape index (κ3) is 10.7. The minimum Gasteiger partial charge on any atom is -0.234 e. The van der Waals surface area contributed by atoms with E-state index in [0.717, 1.165) is 29.7 Å². The van der Waals surface area contributed by atoms with Crippen LogP contribution in [-0.4, -0.2) is 49.8 Å². The van der Waals surface area contributed by atoms with E-state index in [4.69, 9.17) is 17.0 Å². The molecule has 12 nitrogen and oxygen atoms in total. The minimum absolute atomic E-state index is 0.0730.